The molecule has 0 spiro atoms. The quantitative estimate of drug-likeness (QED) is 0.0503. The van der Waals surface area contributed by atoms with E-state index in [1.807, 2.05) is 0 Å². The topological polar surface area (TPSA) is 483 Å². The van der Waals surface area contributed by atoms with Gasteiger partial charge < -0.3 is 31.2 Å². The van der Waals surface area contributed by atoms with Crippen molar-refractivity contribution in [1.82, 2.24) is 19.9 Å². The van der Waals surface area contributed by atoms with Gasteiger partial charge in [-0.05, 0) is 109 Å². The lowest BCUT2D eigenvalue weighted by atomic mass is 10.1. The molecule has 0 atom stereocenters. The number of imidazole rings is 2. The van der Waals surface area contributed by atoms with Crippen molar-refractivity contribution in [2.45, 2.75) is 29.4 Å². The van der Waals surface area contributed by atoms with Crippen LogP contribution in [-0.4, -0.2) is 116 Å². The molecule has 0 bridgehead atoms. The van der Waals surface area contributed by atoms with E-state index in [4.69, 9.17) is 0 Å². The molecule has 84 heavy (non-hydrogen) atoms. The van der Waals surface area contributed by atoms with Gasteiger partial charge in [-0.2, -0.15) is 50.5 Å². The lowest BCUT2D eigenvalue weighted by Crippen LogP contribution is -2.19. The second-order valence-corrected chi connectivity index (χ2v) is 26.4. The number of carbonyl (C=O) groups is 3. The third-order valence-electron chi connectivity index (χ3n) is 12.5. The van der Waals surface area contributed by atoms with Gasteiger partial charge in [0.25, 0.3) is 72.5 Å². The van der Waals surface area contributed by atoms with Gasteiger partial charge in [0.05, 0.1) is 43.2 Å². The summed E-state index contributed by atoms with van der Waals surface area (Å²) in [5, 5.41) is 7.16. The van der Waals surface area contributed by atoms with Crippen molar-refractivity contribution in [1.29, 1.82) is 0 Å². The fourth-order valence-corrected chi connectivity index (χ4v) is 13.0. The Hall–Kier alpha value is -9.11. The number of nitrogens with zero attached hydrogens (tertiary/aromatic N) is 2. The third-order valence-corrected chi connectivity index (χ3v) is 17.7. The first-order chi connectivity index (χ1) is 39.1. The highest BCUT2D eigenvalue weighted by molar-refractivity contribution is 7.88. The minimum absolute atomic E-state index is 0.0747. The third kappa shape index (κ3) is 11.8. The second kappa shape index (κ2) is 20.6. The largest absolute Gasteiger partial charge is 0.338 e. The van der Waals surface area contributed by atoms with Crippen molar-refractivity contribution in [2.75, 3.05) is 21.3 Å². The number of hydrogen-bond acceptors (Lipinski definition) is 17. The molecule has 0 fully saturated rings. The van der Waals surface area contributed by atoms with Gasteiger partial charge in [0, 0.05) is 55.2 Å². The van der Waals surface area contributed by atoms with E-state index in [1.165, 1.54) is 36.4 Å². The van der Waals surface area contributed by atoms with Crippen LogP contribution in [0.2, 0.25) is 0 Å². The molecular formula is C49H34N8O21S6. The van der Waals surface area contributed by atoms with Gasteiger partial charge in [-0.1, -0.05) is 24.3 Å². The molecule has 2 heterocycles. The summed E-state index contributed by atoms with van der Waals surface area (Å²) in [7, 11) is -31.7. The molecular weight excluding hydrogens is 1230 g/mol. The Bertz CT molecular complexity index is 4960. The van der Waals surface area contributed by atoms with Gasteiger partial charge in [0.2, 0.25) is 0 Å². The highest BCUT2D eigenvalue weighted by Gasteiger charge is 2.30. The first kappa shape index (κ1) is 58.1. The van der Waals surface area contributed by atoms with Crippen molar-refractivity contribution in [3.63, 3.8) is 0 Å². The van der Waals surface area contributed by atoms with Crippen molar-refractivity contribution in [2.24, 2.45) is 0 Å². The number of anilines is 4. The molecule has 0 unspecified atom stereocenters. The average molecular weight is 1260 g/mol. The lowest BCUT2D eigenvalue weighted by molar-refractivity contribution is 0.101. The normalized spacial score (nSPS) is 12.6. The van der Waals surface area contributed by atoms with E-state index in [9.17, 15) is 92.2 Å². The fraction of sp³-hybridized carbons (Fsp3) is 0. The number of fused-ring (bicyclic) bond motifs is 4. The molecule has 35 heteroatoms. The number of rotatable bonds is 14. The van der Waals surface area contributed by atoms with Crippen LogP contribution in [0.25, 0.3) is 66.4 Å². The zero-order valence-corrected chi connectivity index (χ0v) is 46.3. The van der Waals surface area contributed by atoms with Crippen LogP contribution in [0.15, 0.2) is 163 Å². The lowest BCUT2D eigenvalue weighted by Gasteiger charge is -2.15. The van der Waals surface area contributed by atoms with E-state index in [0.717, 1.165) is 24.3 Å². The van der Waals surface area contributed by atoms with Crippen molar-refractivity contribution in [3.8, 4) is 22.8 Å². The first-order valence-electron chi connectivity index (χ1n) is 23.1. The predicted octanol–water partition coefficient (Wildman–Crippen LogP) is 6.71. The average Bonchev–Trinajstić information content (AvgIpc) is 1.43. The first-order valence-corrected chi connectivity index (χ1v) is 31.7. The zero-order chi connectivity index (χ0) is 60.8. The summed E-state index contributed by atoms with van der Waals surface area (Å²) in [5.41, 5.74) is 1.75. The Morgan fingerprint density at radius 3 is 1.10 bits per heavy atom. The van der Waals surface area contributed by atoms with Gasteiger partial charge in [-0.3, -0.25) is 36.9 Å². The molecule has 0 saturated heterocycles. The van der Waals surface area contributed by atoms with Crippen LogP contribution in [0.4, 0.5) is 27.5 Å². The van der Waals surface area contributed by atoms with E-state index >= 15 is 0 Å². The molecule has 4 amide bonds. The Balaban J connectivity index is 0.842. The standard InChI is InChI=1S/C49H34N8O21S6/c58-47(56-35-11-13-39(81(67,68)69)31-19-29(79(61,62)63)21-41(43(31)35)83(73,74)75)25-7-9-33-37(17-25)54-45(52-33)23-3-1-5-27(15-23)50-49(60)51-28-6-2-4-24(16-28)46-53-34-10-8-26(18-38(34)55-46)48(59)57-36-12-14-40(82(70,71)72)32-20-30(80(64,65)66)22-42(44(32)36)84(76,77)78/h1-22H,(H,52,54)(H,53,55)(H,56,58)(H,57,59)(H2,50,51,60)(H,61,62,63)(H,64,65,66)(H,67,68,69)(H,70,71,72)(H,73,74,75)(H,76,77,78). The maximum atomic E-state index is 13.7. The molecule has 12 N–H and O–H groups in total. The molecule has 8 aromatic carbocycles. The van der Waals surface area contributed by atoms with Gasteiger partial charge in [0.1, 0.15) is 31.2 Å². The molecule has 29 nitrogen and oxygen atoms in total. The minimum Gasteiger partial charge on any atom is -0.338 e. The Morgan fingerprint density at radius 1 is 0.381 bits per heavy atom. The zero-order valence-electron chi connectivity index (χ0n) is 41.4. The highest BCUT2D eigenvalue weighted by atomic mass is 32.2. The van der Waals surface area contributed by atoms with Crippen LogP contribution in [0.5, 0.6) is 0 Å². The summed E-state index contributed by atoms with van der Waals surface area (Å²) in [6, 6.07) is 25.4. The van der Waals surface area contributed by atoms with Crippen molar-refractivity contribution < 1.29 is 92.2 Å². The number of benzene rings is 8. The number of aromatic amines is 2. The number of amides is 4. The molecule has 10 aromatic rings. The molecule has 0 radical (unpaired) electrons. The van der Waals surface area contributed by atoms with E-state index in [2.05, 4.69) is 41.2 Å². The summed E-state index contributed by atoms with van der Waals surface area (Å²) >= 11 is 0. The minimum atomic E-state index is -5.40. The number of aromatic nitrogens is 4. The second-order valence-electron chi connectivity index (χ2n) is 18.0. The molecule has 432 valence electrons. The molecule has 0 aliphatic carbocycles. The van der Waals surface area contributed by atoms with Gasteiger partial charge in [-0.15, -0.1) is 0 Å². The van der Waals surface area contributed by atoms with Crippen molar-refractivity contribution in [3.05, 3.63) is 145 Å². The molecule has 0 aliphatic heterocycles. The summed E-state index contributed by atoms with van der Waals surface area (Å²) in [6.45, 7) is 0. The number of nitrogens with one attached hydrogen (secondary N) is 6. The number of urea groups is 1. The highest BCUT2D eigenvalue weighted by Crippen LogP contribution is 2.39. The summed E-state index contributed by atoms with van der Waals surface area (Å²) in [4.78, 5) is 49.1. The van der Waals surface area contributed by atoms with Crippen LogP contribution < -0.4 is 21.3 Å². The molecule has 0 aliphatic rings. The van der Waals surface area contributed by atoms with Gasteiger partial charge >= 0.3 is 6.03 Å². The maximum absolute atomic E-state index is 13.7. The Morgan fingerprint density at radius 2 is 0.750 bits per heavy atom. The summed E-state index contributed by atoms with van der Waals surface area (Å²) in [6.07, 6.45) is 0. The van der Waals surface area contributed by atoms with Gasteiger partial charge in [-0.25, -0.2) is 14.8 Å². The molecule has 0 saturated carbocycles. The number of H-pyrrole nitrogens is 2. The Kier molecular flexibility index (Phi) is 14.3. The monoisotopic (exact) mass is 1260 g/mol. The SMILES string of the molecule is O=C(Nc1cccc(-c2nc3ccc(C(=O)Nc4ccc(S(=O)(=O)O)c5cc(S(=O)(=O)O)cc(S(=O)(=O)O)c45)cc3[nH]2)c1)Nc1cccc(-c2nc3ccc(C(=O)Nc4ccc(S(=O)(=O)O)c5cc(S(=O)(=O)O)cc(S(=O)(=O)O)c45)cc3[nH]2)c1. The van der Waals surface area contributed by atoms with E-state index in [0.29, 0.717) is 68.8 Å². The molecule has 10 rings (SSSR count). The van der Waals surface area contributed by atoms with E-state index in [1.54, 1.807) is 48.5 Å². The smallest absolute Gasteiger partial charge is 0.323 e. The predicted molar refractivity (Wildman–Crippen MR) is 298 cm³/mol. The van der Waals surface area contributed by atoms with Crippen molar-refractivity contribution >= 4 is 145 Å². The van der Waals surface area contributed by atoms with Crippen LogP contribution in [0.3, 0.4) is 0 Å². The van der Waals surface area contributed by atoms with Crippen LogP contribution in [-0.2, 0) is 60.7 Å². The maximum Gasteiger partial charge on any atom is 0.323 e. The summed E-state index contributed by atoms with van der Waals surface area (Å²) in [5.74, 6) is -1.31. The van der Waals surface area contributed by atoms with E-state index < -0.39 is 141 Å². The number of carbonyl (C=O) groups excluding carboxylic acids is 3. The van der Waals surface area contributed by atoms with Crippen LogP contribution in [0.1, 0.15) is 20.7 Å². The Labute approximate surface area is 472 Å². The van der Waals surface area contributed by atoms with Crippen LogP contribution in [0, 0.1) is 0 Å². The molecule has 2 aromatic heterocycles. The fourth-order valence-electron chi connectivity index (χ4n) is 8.90. The number of hydrogen-bond donors (Lipinski definition) is 12. The van der Waals surface area contributed by atoms with Crippen LogP contribution >= 0.6 is 0 Å². The van der Waals surface area contributed by atoms with E-state index in [-0.39, 0.29) is 22.8 Å². The van der Waals surface area contributed by atoms with Gasteiger partial charge in [0.15, 0.2) is 0 Å². The summed E-state index contributed by atoms with van der Waals surface area (Å²) < 4.78 is 206.